The van der Waals surface area contributed by atoms with Gasteiger partial charge in [-0.05, 0) is 48.2 Å². The SMILES string of the molecule is COc1cc(-c2ccc3ncc(C4(C=O)CC4)c(Nc4cnc(N5CCNCC5)nc4)c3c2)cc(Cl)c1O. The van der Waals surface area contributed by atoms with Crippen molar-refractivity contribution < 1.29 is 14.6 Å². The Bertz CT molecular complexity index is 1520. The Morgan fingerprint density at radius 1 is 1.08 bits per heavy atom. The number of anilines is 3. The number of ether oxygens (including phenoxy) is 1. The van der Waals surface area contributed by atoms with Crippen molar-refractivity contribution in [2.45, 2.75) is 18.3 Å². The van der Waals surface area contributed by atoms with Crippen molar-refractivity contribution in [3.05, 3.63) is 59.5 Å². The van der Waals surface area contributed by atoms with Gasteiger partial charge in [-0.2, -0.15) is 0 Å². The van der Waals surface area contributed by atoms with E-state index < -0.39 is 5.41 Å². The van der Waals surface area contributed by atoms with Crippen LogP contribution in [0.15, 0.2) is 48.9 Å². The van der Waals surface area contributed by atoms with Crippen LogP contribution in [-0.2, 0) is 10.2 Å². The zero-order chi connectivity index (χ0) is 26.3. The molecule has 0 atom stereocenters. The summed E-state index contributed by atoms with van der Waals surface area (Å²) in [6, 6.07) is 9.31. The molecule has 2 aromatic heterocycles. The van der Waals surface area contributed by atoms with Gasteiger partial charge in [0.25, 0.3) is 0 Å². The lowest BCUT2D eigenvalue weighted by molar-refractivity contribution is -0.109. The molecule has 0 radical (unpaired) electrons. The van der Waals surface area contributed by atoms with Gasteiger partial charge in [-0.3, -0.25) is 4.98 Å². The fourth-order valence-electron chi connectivity index (χ4n) is 4.92. The molecule has 38 heavy (non-hydrogen) atoms. The maximum Gasteiger partial charge on any atom is 0.225 e. The number of carbonyl (C=O) groups excluding carboxylic acids is 1. The van der Waals surface area contributed by atoms with E-state index in [1.807, 2.05) is 18.2 Å². The van der Waals surface area contributed by atoms with Gasteiger partial charge in [0, 0.05) is 43.3 Å². The minimum Gasteiger partial charge on any atom is -0.503 e. The topological polar surface area (TPSA) is 112 Å². The molecule has 3 heterocycles. The maximum atomic E-state index is 12.1. The lowest BCUT2D eigenvalue weighted by Crippen LogP contribution is -2.44. The van der Waals surface area contributed by atoms with Crippen LogP contribution in [0.2, 0.25) is 5.02 Å². The molecule has 9 nitrogen and oxygen atoms in total. The van der Waals surface area contributed by atoms with Gasteiger partial charge >= 0.3 is 0 Å². The molecule has 2 aromatic carbocycles. The van der Waals surface area contributed by atoms with Crippen molar-refractivity contribution in [3.63, 3.8) is 0 Å². The molecule has 4 aromatic rings. The second-order valence-electron chi connectivity index (χ2n) is 9.70. The lowest BCUT2D eigenvalue weighted by atomic mass is 9.94. The maximum absolute atomic E-state index is 12.1. The summed E-state index contributed by atoms with van der Waals surface area (Å²) in [4.78, 5) is 28.2. The minimum absolute atomic E-state index is 0.101. The second kappa shape index (κ2) is 9.74. The van der Waals surface area contributed by atoms with E-state index in [1.165, 1.54) is 7.11 Å². The van der Waals surface area contributed by atoms with E-state index in [0.29, 0.717) is 5.95 Å². The number of carbonyl (C=O) groups is 1. The van der Waals surface area contributed by atoms with E-state index >= 15 is 0 Å². The number of methoxy groups -OCH3 is 1. The van der Waals surface area contributed by atoms with Gasteiger partial charge in [0.2, 0.25) is 5.95 Å². The first-order valence-electron chi connectivity index (χ1n) is 12.5. The van der Waals surface area contributed by atoms with E-state index in [1.54, 1.807) is 30.7 Å². The Morgan fingerprint density at radius 3 is 2.53 bits per heavy atom. The van der Waals surface area contributed by atoms with Crippen molar-refractivity contribution in [3.8, 4) is 22.6 Å². The highest BCUT2D eigenvalue weighted by Gasteiger charge is 2.46. The van der Waals surface area contributed by atoms with Crippen LogP contribution in [0.25, 0.3) is 22.0 Å². The first kappa shape index (κ1) is 24.4. The Kier molecular flexibility index (Phi) is 6.25. The van der Waals surface area contributed by atoms with Crippen molar-refractivity contribution in [1.29, 1.82) is 0 Å². The monoisotopic (exact) mass is 530 g/mol. The van der Waals surface area contributed by atoms with Crippen LogP contribution >= 0.6 is 11.6 Å². The fourth-order valence-corrected chi connectivity index (χ4v) is 5.13. The molecule has 0 spiro atoms. The van der Waals surface area contributed by atoms with E-state index in [4.69, 9.17) is 16.3 Å². The molecule has 2 aliphatic rings. The summed E-state index contributed by atoms with van der Waals surface area (Å²) in [6.45, 7) is 3.54. The molecule has 1 saturated heterocycles. The first-order valence-corrected chi connectivity index (χ1v) is 12.9. The van der Waals surface area contributed by atoms with Gasteiger partial charge in [0.15, 0.2) is 11.5 Å². The number of hydrogen-bond acceptors (Lipinski definition) is 9. The number of halogens is 1. The molecular weight excluding hydrogens is 504 g/mol. The Hall–Kier alpha value is -3.95. The summed E-state index contributed by atoms with van der Waals surface area (Å²) in [5, 5.41) is 18.1. The molecule has 10 heteroatoms. The number of pyridine rings is 1. The molecule has 1 saturated carbocycles. The summed E-state index contributed by atoms with van der Waals surface area (Å²) >= 11 is 6.27. The van der Waals surface area contributed by atoms with Crippen molar-refractivity contribution in [1.82, 2.24) is 20.3 Å². The average molecular weight is 531 g/mol. The third kappa shape index (κ3) is 4.37. The number of hydrogen-bond donors (Lipinski definition) is 3. The molecular formula is C28H27ClN6O3. The van der Waals surface area contributed by atoms with Crippen LogP contribution in [0.1, 0.15) is 18.4 Å². The number of phenolic OH excluding ortho intramolecular Hbond substituents is 1. The second-order valence-corrected chi connectivity index (χ2v) is 10.1. The summed E-state index contributed by atoms with van der Waals surface area (Å²) < 4.78 is 5.30. The molecule has 194 valence electrons. The summed E-state index contributed by atoms with van der Waals surface area (Å²) in [7, 11) is 1.48. The van der Waals surface area contributed by atoms with Crippen molar-refractivity contribution in [2.75, 3.05) is 43.5 Å². The van der Waals surface area contributed by atoms with Gasteiger partial charge in [0.1, 0.15) is 6.29 Å². The molecule has 0 unspecified atom stereocenters. The third-order valence-electron chi connectivity index (χ3n) is 7.31. The number of phenols is 1. The average Bonchev–Trinajstić information content (AvgIpc) is 3.76. The van der Waals surface area contributed by atoms with Crippen LogP contribution < -0.4 is 20.3 Å². The van der Waals surface area contributed by atoms with Crippen LogP contribution in [0.5, 0.6) is 11.5 Å². The number of benzene rings is 2. The highest BCUT2D eigenvalue weighted by molar-refractivity contribution is 6.32. The number of fused-ring (bicyclic) bond motifs is 1. The Morgan fingerprint density at radius 2 is 1.84 bits per heavy atom. The summed E-state index contributed by atoms with van der Waals surface area (Å²) in [5.74, 6) is 0.886. The third-order valence-corrected chi connectivity index (χ3v) is 7.60. The van der Waals surface area contributed by atoms with Crippen molar-refractivity contribution in [2.24, 2.45) is 0 Å². The summed E-state index contributed by atoms with van der Waals surface area (Å²) in [6.07, 6.45) is 7.93. The van der Waals surface area contributed by atoms with Crippen LogP contribution in [0.3, 0.4) is 0 Å². The normalized spacial score (nSPS) is 16.3. The zero-order valence-electron chi connectivity index (χ0n) is 20.9. The van der Waals surface area contributed by atoms with E-state index in [0.717, 1.165) is 84.3 Å². The molecule has 1 aliphatic heterocycles. The number of aromatic nitrogens is 3. The number of nitrogens with zero attached hydrogens (tertiary/aromatic N) is 4. The Labute approximate surface area is 224 Å². The smallest absolute Gasteiger partial charge is 0.225 e. The van der Waals surface area contributed by atoms with E-state index in [9.17, 15) is 9.90 Å². The minimum atomic E-state index is -0.549. The number of aldehydes is 1. The van der Waals surface area contributed by atoms with Crippen molar-refractivity contribution >= 4 is 46.1 Å². The van der Waals surface area contributed by atoms with Gasteiger partial charge in [-0.15, -0.1) is 0 Å². The molecule has 1 aliphatic carbocycles. The number of rotatable bonds is 7. The van der Waals surface area contributed by atoms with Gasteiger partial charge in [-0.25, -0.2) is 9.97 Å². The fraction of sp³-hybridized carbons (Fsp3) is 0.286. The number of nitrogens with one attached hydrogen (secondary N) is 2. The predicted octanol–water partition coefficient (Wildman–Crippen LogP) is 4.44. The highest BCUT2D eigenvalue weighted by atomic mass is 35.5. The quantitative estimate of drug-likeness (QED) is 0.298. The van der Waals surface area contributed by atoms with Gasteiger partial charge in [-0.1, -0.05) is 17.7 Å². The van der Waals surface area contributed by atoms with Gasteiger partial charge in [0.05, 0.1) is 46.8 Å². The molecule has 3 N–H and O–H groups in total. The number of aromatic hydroxyl groups is 1. The molecule has 0 amide bonds. The predicted molar refractivity (Wildman–Crippen MR) is 148 cm³/mol. The molecule has 6 rings (SSSR count). The summed E-state index contributed by atoms with van der Waals surface area (Å²) in [5.41, 5.74) is 4.24. The standard InChI is InChI=1S/C28H27ClN6O3/c1-38-24-12-18(11-22(29)26(24)37)17-2-3-23-20(10-17)25(21(15-31-23)28(16-36)4-5-28)34-19-13-32-27(33-14-19)35-8-6-30-7-9-35/h2-3,10-16,30,37H,4-9H2,1H3,(H,31,34). The van der Waals surface area contributed by atoms with Crippen LogP contribution in [0.4, 0.5) is 17.3 Å². The molecule has 2 fully saturated rings. The Balaban J connectivity index is 1.44. The van der Waals surface area contributed by atoms with E-state index in [2.05, 4.69) is 30.5 Å². The zero-order valence-corrected chi connectivity index (χ0v) is 21.6. The first-order chi connectivity index (χ1) is 18.5. The highest BCUT2D eigenvalue weighted by Crippen LogP contribution is 2.51. The number of piperazine rings is 1. The van der Waals surface area contributed by atoms with E-state index in [-0.39, 0.29) is 16.5 Å². The lowest BCUT2D eigenvalue weighted by Gasteiger charge is -2.27. The largest absolute Gasteiger partial charge is 0.503 e. The van der Waals surface area contributed by atoms with Crippen LogP contribution in [0, 0.1) is 0 Å². The van der Waals surface area contributed by atoms with Crippen LogP contribution in [-0.4, -0.2) is 59.6 Å². The molecule has 0 bridgehead atoms. The van der Waals surface area contributed by atoms with Gasteiger partial charge < -0.3 is 30.2 Å².